The van der Waals surface area contributed by atoms with Gasteiger partial charge >= 0.3 is 0 Å². The molecule has 4 nitrogen and oxygen atoms in total. The number of piperidine rings is 1. The van der Waals surface area contributed by atoms with E-state index in [1.165, 1.54) is 6.42 Å². The van der Waals surface area contributed by atoms with Crippen LogP contribution in [0.25, 0.3) is 10.6 Å². The van der Waals surface area contributed by atoms with Crippen LogP contribution in [0.3, 0.4) is 0 Å². The lowest BCUT2D eigenvalue weighted by atomic mass is 9.99. The fourth-order valence-electron chi connectivity index (χ4n) is 3.44. The molecule has 0 aliphatic carbocycles. The molecule has 134 valence electrons. The highest BCUT2D eigenvalue weighted by molar-refractivity contribution is 7.13. The average molecular weight is 359 g/mol. The van der Waals surface area contributed by atoms with Crippen molar-refractivity contribution in [2.24, 2.45) is 0 Å². The number of nitrogens with zero attached hydrogens (tertiary/aromatic N) is 2. The van der Waals surface area contributed by atoms with Crippen LogP contribution >= 0.6 is 11.3 Å². The van der Waals surface area contributed by atoms with Crippen molar-refractivity contribution in [3.63, 3.8) is 0 Å². The van der Waals surface area contributed by atoms with E-state index in [0.717, 1.165) is 47.8 Å². The standard InChI is InChI=1S/C20H26N2O2S/c1-3-17-8-4-5-12-22(17)19(23)11-10-16-14-25-20(21-16)15-7-6-9-18(13-15)24-2/h6-7,9,13-14,17H,3-5,8,10-12H2,1-2H3. The fraction of sp³-hybridized carbons (Fsp3) is 0.500. The van der Waals surface area contributed by atoms with Gasteiger partial charge in [-0.15, -0.1) is 11.3 Å². The molecule has 0 spiro atoms. The molecule has 1 fully saturated rings. The van der Waals surface area contributed by atoms with E-state index in [1.54, 1.807) is 18.4 Å². The van der Waals surface area contributed by atoms with Crippen molar-refractivity contribution in [2.45, 2.75) is 51.5 Å². The third-order valence-corrected chi connectivity index (χ3v) is 5.82. The van der Waals surface area contributed by atoms with Gasteiger partial charge in [0.15, 0.2) is 0 Å². The molecule has 3 rings (SSSR count). The molecule has 1 unspecified atom stereocenters. The Morgan fingerprint density at radius 2 is 2.28 bits per heavy atom. The summed E-state index contributed by atoms with van der Waals surface area (Å²) in [5.74, 6) is 1.11. The van der Waals surface area contributed by atoms with Crippen molar-refractivity contribution >= 4 is 17.2 Å². The summed E-state index contributed by atoms with van der Waals surface area (Å²) in [6.07, 6.45) is 5.86. The van der Waals surface area contributed by atoms with Crippen molar-refractivity contribution in [3.05, 3.63) is 35.3 Å². The van der Waals surface area contributed by atoms with Crippen molar-refractivity contribution < 1.29 is 9.53 Å². The average Bonchev–Trinajstić information content (AvgIpc) is 3.15. The van der Waals surface area contributed by atoms with E-state index in [0.29, 0.717) is 18.9 Å². The number of likely N-dealkylation sites (tertiary alicyclic amines) is 1. The van der Waals surface area contributed by atoms with Crippen molar-refractivity contribution in [1.82, 2.24) is 9.88 Å². The molecular weight excluding hydrogens is 332 g/mol. The minimum absolute atomic E-state index is 0.280. The van der Waals surface area contributed by atoms with Gasteiger partial charge in [-0.2, -0.15) is 0 Å². The Hall–Kier alpha value is -1.88. The summed E-state index contributed by atoms with van der Waals surface area (Å²) in [5.41, 5.74) is 2.06. The summed E-state index contributed by atoms with van der Waals surface area (Å²) in [6, 6.07) is 8.37. The first kappa shape index (κ1) is 17.9. The molecule has 1 saturated heterocycles. The second kappa shape index (κ2) is 8.48. The number of benzene rings is 1. The van der Waals surface area contributed by atoms with Crippen molar-refractivity contribution in [3.8, 4) is 16.3 Å². The van der Waals surface area contributed by atoms with Crippen molar-refractivity contribution in [2.75, 3.05) is 13.7 Å². The normalized spacial score (nSPS) is 17.5. The van der Waals surface area contributed by atoms with Gasteiger partial charge in [-0.1, -0.05) is 19.1 Å². The van der Waals surface area contributed by atoms with Crippen LogP contribution in [0.4, 0.5) is 0 Å². The zero-order valence-electron chi connectivity index (χ0n) is 15.0. The minimum Gasteiger partial charge on any atom is -0.497 e. The van der Waals surface area contributed by atoms with Gasteiger partial charge in [0.05, 0.1) is 12.8 Å². The molecule has 2 heterocycles. The smallest absolute Gasteiger partial charge is 0.223 e. The number of thiazole rings is 1. The highest BCUT2D eigenvalue weighted by atomic mass is 32.1. The number of hydrogen-bond acceptors (Lipinski definition) is 4. The number of rotatable bonds is 6. The van der Waals surface area contributed by atoms with E-state index in [4.69, 9.17) is 9.72 Å². The summed E-state index contributed by atoms with van der Waals surface area (Å²) in [7, 11) is 1.67. The third kappa shape index (κ3) is 4.40. The summed E-state index contributed by atoms with van der Waals surface area (Å²) in [5, 5.41) is 3.04. The Morgan fingerprint density at radius 3 is 3.08 bits per heavy atom. The number of methoxy groups -OCH3 is 1. The van der Waals surface area contributed by atoms with E-state index in [1.807, 2.05) is 24.3 Å². The highest BCUT2D eigenvalue weighted by Gasteiger charge is 2.24. The maximum Gasteiger partial charge on any atom is 0.223 e. The molecule has 0 bridgehead atoms. The molecule has 0 radical (unpaired) electrons. The monoisotopic (exact) mass is 358 g/mol. The molecule has 1 aromatic carbocycles. The maximum atomic E-state index is 12.6. The first-order valence-corrected chi connectivity index (χ1v) is 9.97. The van der Waals surface area contributed by atoms with Gasteiger partial charge in [-0.3, -0.25) is 4.79 Å². The lowest BCUT2D eigenvalue weighted by molar-refractivity contribution is -0.134. The Labute approximate surface area is 153 Å². The molecule has 1 amide bonds. The molecular formula is C20H26N2O2S. The van der Waals surface area contributed by atoms with E-state index < -0.39 is 0 Å². The lowest BCUT2D eigenvalue weighted by Gasteiger charge is -2.35. The fourth-order valence-corrected chi connectivity index (χ4v) is 4.29. The summed E-state index contributed by atoms with van der Waals surface area (Å²) in [6.45, 7) is 3.10. The number of aromatic nitrogens is 1. The van der Waals surface area contributed by atoms with Crippen LogP contribution in [-0.4, -0.2) is 35.5 Å². The highest BCUT2D eigenvalue weighted by Crippen LogP contribution is 2.27. The van der Waals surface area contributed by atoms with E-state index in [9.17, 15) is 4.79 Å². The third-order valence-electron chi connectivity index (χ3n) is 4.88. The first-order valence-electron chi connectivity index (χ1n) is 9.09. The number of carbonyl (C=O) groups excluding carboxylic acids is 1. The number of aryl methyl sites for hydroxylation is 1. The van der Waals surface area contributed by atoms with Crippen LogP contribution < -0.4 is 4.74 Å². The molecule has 2 aromatic rings. The zero-order valence-corrected chi connectivity index (χ0v) is 15.8. The summed E-state index contributed by atoms with van der Waals surface area (Å²) < 4.78 is 5.28. The molecule has 0 saturated carbocycles. The van der Waals surface area contributed by atoms with Gasteiger partial charge in [0.2, 0.25) is 5.91 Å². The first-order chi connectivity index (χ1) is 12.2. The van der Waals surface area contributed by atoms with Gasteiger partial charge in [0.25, 0.3) is 0 Å². The molecule has 1 aliphatic heterocycles. The number of amides is 1. The van der Waals surface area contributed by atoms with E-state index in [2.05, 4.69) is 17.2 Å². The number of hydrogen-bond donors (Lipinski definition) is 0. The Kier molecular flexibility index (Phi) is 6.08. The Morgan fingerprint density at radius 1 is 1.40 bits per heavy atom. The molecule has 5 heteroatoms. The number of carbonyl (C=O) groups is 1. The molecule has 1 atom stereocenters. The topological polar surface area (TPSA) is 42.4 Å². The van der Waals surface area contributed by atoms with E-state index in [-0.39, 0.29) is 5.91 Å². The molecule has 1 aromatic heterocycles. The van der Waals surface area contributed by atoms with E-state index >= 15 is 0 Å². The van der Waals surface area contributed by atoms with Crippen LogP contribution in [0.15, 0.2) is 29.6 Å². The maximum absolute atomic E-state index is 12.6. The SMILES string of the molecule is CCC1CCCCN1C(=O)CCc1csc(-c2cccc(OC)c2)n1. The lowest BCUT2D eigenvalue weighted by Crippen LogP contribution is -2.43. The van der Waals surface area contributed by atoms with Crippen LogP contribution in [-0.2, 0) is 11.2 Å². The zero-order chi connectivity index (χ0) is 17.6. The van der Waals surface area contributed by atoms with Crippen LogP contribution in [0.1, 0.15) is 44.7 Å². The summed E-state index contributed by atoms with van der Waals surface area (Å²) in [4.78, 5) is 19.4. The minimum atomic E-state index is 0.280. The number of ether oxygens (including phenoxy) is 1. The molecule has 25 heavy (non-hydrogen) atoms. The second-order valence-electron chi connectivity index (χ2n) is 6.52. The van der Waals surface area contributed by atoms with Gasteiger partial charge in [0, 0.05) is 30.0 Å². The molecule has 0 N–H and O–H groups in total. The largest absolute Gasteiger partial charge is 0.497 e. The predicted molar refractivity (Wildman–Crippen MR) is 102 cm³/mol. The van der Waals surface area contributed by atoms with Gasteiger partial charge in [-0.25, -0.2) is 4.98 Å². The van der Waals surface area contributed by atoms with Crippen LogP contribution in [0.5, 0.6) is 5.75 Å². The van der Waals surface area contributed by atoms with Gasteiger partial charge in [0.1, 0.15) is 10.8 Å². The summed E-state index contributed by atoms with van der Waals surface area (Å²) >= 11 is 1.62. The van der Waals surface area contributed by atoms with Gasteiger partial charge < -0.3 is 9.64 Å². The predicted octanol–water partition coefficient (Wildman–Crippen LogP) is 4.54. The quantitative estimate of drug-likeness (QED) is 0.761. The van der Waals surface area contributed by atoms with Crippen molar-refractivity contribution in [1.29, 1.82) is 0 Å². The van der Waals surface area contributed by atoms with Crippen LogP contribution in [0.2, 0.25) is 0 Å². The Bertz CT molecular complexity index is 713. The molecule has 1 aliphatic rings. The van der Waals surface area contributed by atoms with Crippen LogP contribution in [0, 0.1) is 0 Å². The van der Waals surface area contributed by atoms with Gasteiger partial charge in [-0.05, 0) is 44.2 Å². The Balaban J connectivity index is 1.60. The second-order valence-corrected chi connectivity index (χ2v) is 7.38.